The van der Waals surface area contributed by atoms with Crippen molar-refractivity contribution in [2.45, 2.75) is 38.1 Å². The third kappa shape index (κ3) is 3.52. The summed E-state index contributed by atoms with van der Waals surface area (Å²) in [5, 5.41) is 2.19. The van der Waals surface area contributed by atoms with Crippen LogP contribution in [0.3, 0.4) is 0 Å². The Bertz CT molecular complexity index is 831. The van der Waals surface area contributed by atoms with Crippen molar-refractivity contribution in [1.29, 1.82) is 0 Å². The Balaban J connectivity index is 1.43. The molecule has 2 fully saturated rings. The Labute approximate surface area is 162 Å². The van der Waals surface area contributed by atoms with Crippen molar-refractivity contribution in [3.05, 3.63) is 29.3 Å². The minimum Gasteiger partial charge on any atom is -0.492 e. The molecule has 4 rings (SSSR count). The van der Waals surface area contributed by atoms with Crippen molar-refractivity contribution in [2.75, 3.05) is 26.2 Å². The van der Waals surface area contributed by atoms with E-state index in [1.165, 1.54) is 19.3 Å². The summed E-state index contributed by atoms with van der Waals surface area (Å²) in [7, 11) is 0. The largest absolute Gasteiger partial charge is 0.492 e. The van der Waals surface area contributed by atoms with Crippen LogP contribution in [0.4, 0.5) is 0 Å². The molecule has 1 unspecified atom stereocenters. The van der Waals surface area contributed by atoms with Crippen molar-refractivity contribution in [2.24, 2.45) is 0 Å². The zero-order valence-corrected chi connectivity index (χ0v) is 15.6. The maximum atomic E-state index is 12.8. The molecule has 1 aromatic carbocycles. The van der Waals surface area contributed by atoms with E-state index in [9.17, 15) is 19.2 Å². The first-order valence-corrected chi connectivity index (χ1v) is 9.75. The number of nitrogens with one attached hydrogen (secondary N) is 1. The lowest BCUT2D eigenvalue weighted by Crippen LogP contribution is -2.54. The zero-order valence-electron chi connectivity index (χ0n) is 15.6. The molecule has 4 amide bonds. The van der Waals surface area contributed by atoms with Crippen LogP contribution in [0.1, 0.15) is 52.8 Å². The molecule has 1 aromatic rings. The van der Waals surface area contributed by atoms with E-state index in [0.29, 0.717) is 12.4 Å². The van der Waals surface area contributed by atoms with E-state index >= 15 is 0 Å². The van der Waals surface area contributed by atoms with Crippen LogP contribution in [-0.4, -0.2) is 65.7 Å². The maximum absolute atomic E-state index is 12.8. The second-order valence-corrected chi connectivity index (χ2v) is 7.41. The number of nitrogens with zero attached hydrogens (tertiary/aromatic N) is 2. The van der Waals surface area contributed by atoms with Gasteiger partial charge in [-0.3, -0.25) is 34.3 Å². The summed E-state index contributed by atoms with van der Waals surface area (Å²) >= 11 is 0. The Morgan fingerprint density at radius 3 is 2.50 bits per heavy atom. The zero-order chi connectivity index (χ0) is 19.7. The van der Waals surface area contributed by atoms with E-state index in [4.69, 9.17) is 4.74 Å². The molecule has 1 N–H and O–H groups in total. The highest BCUT2D eigenvalue weighted by Gasteiger charge is 2.44. The average Bonchev–Trinajstić information content (AvgIpc) is 2.93. The SMILES string of the molecule is O=C1CCC(N2C(=O)c3ccc(OCCN4CCCCC4)cc3C2=O)C(=O)N1. The van der Waals surface area contributed by atoms with Crippen LogP contribution >= 0.6 is 0 Å². The highest BCUT2D eigenvalue weighted by atomic mass is 16.5. The molecule has 3 aliphatic rings. The van der Waals surface area contributed by atoms with E-state index in [2.05, 4.69) is 10.2 Å². The fraction of sp³-hybridized carbons (Fsp3) is 0.500. The minimum atomic E-state index is -0.950. The van der Waals surface area contributed by atoms with Crippen LogP contribution < -0.4 is 10.1 Å². The van der Waals surface area contributed by atoms with Crippen molar-refractivity contribution in [3.8, 4) is 5.75 Å². The van der Waals surface area contributed by atoms with E-state index < -0.39 is 23.8 Å². The number of hydrogen-bond donors (Lipinski definition) is 1. The van der Waals surface area contributed by atoms with Crippen LogP contribution in [0.15, 0.2) is 18.2 Å². The number of likely N-dealkylation sites (tertiary alicyclic amines) is 1. The highest BCUT2D eigenvalue weighted by molar-refractivity contribution is 6.23. The van der Waals surface area contributed by atoms with Crippen LogP contribution in [0.5, 0.6) is 5.75 Å². The Hall–Kier alpha value is -2.74. The molecule has 28 heavy (non-hydrogen) atoms. The average molecular weight is 385 g/mol. The number of fused-ring (bicyclic) bond motifs is 1. The Kier molecular flexibility index (Phi) is 5.13. The standard InChI is InChI=1S/C20H23N3O5/c24-17-7-6-16(18(25)21-17)23-19(26)14-5-4-13(12-15(14)20(23)27)28-11-10-22-8-2-1-3-9-22/h4-5,12,16H,1-3,6-11H2,(H,21,24,25). The Morgan fingerprint density at radius 1 is 1.00 bits per heavy atom. The monoisotopic (exact) mass is 385 g/mol. The number of hydrogen-bond acceptors (Lipinski definition) is 6. The molecular weight excluding hydrogens is 362 g/mol. The minimum absolute atomic E-state index is 0.106. The van der Waals surface area contributed by atoms with Gasteiger partial charge in [0.1, 0.15) is 18.4 Å². The van der Waals surface area contributed by atoms with Gasteiger partial charge < -0.3 is 4.74 Å². The summed E-state index contributed by atoms with van der Waals surface area (Å²) < 4.78 is 5.79. The summed E-state index contributed by atoms with van der Waals surface area (Å²) in [6, 6.07) is 3.86. The quantitative estimate of drug-likeness (QED) is 0.759. The number of carbonyl (C=O) groups excluding carboxylic acids is 4. The smallest absolute Gasteiger partial charge is 0.262 e. The number of carbonyl (C=O) groups is 4. The highest BCUT2D eigenvalue weighted by Crippen LogP contribution is 2.30. The third-order valence-corrected chi connectivity index (χ3v) is 5.54. The molecule has 3 aliphatic heterocycles. The lowest BCUT2D eigenvalue weighted by atomic mass is 10.0. The number of ether oxygens (including phenoxy) is 1. The normalized spacial score (nSPS) is 23.0. The fourth-order valence-electron chi connectivity index (χ4n) is 4.02. The van der Waals surface area contributed by atoms with Gasteiger partial charge in [0.2, 0.25) is 11.8 Å². The van der Waals surface area contributed by atoms with Crippen molar-refractivity contribution in [3.63, 3.8) is 0 Å². The van der Waals surface area contributed by atoms with Crippen molar-refractivity contribution >= 4 is 23.6 Å². The van der Waals surface area contributed by atoms with Gasteiger partial charge in [0.05, 0.1) is 11.1 Å². The van der Waals surface area contributed by atoms with E-state index in [-0.39, 0.29) is 29.9 Å². The molecule has 0 saturated carbocycles. The lowest BCUT2D eigenvalue weighted by Gasteiger charge is -2.27. The van der Waals surface area contributed by atoms with Crippen LogP contribution in [0, 0.1) is 0 Å². The Morgan fingerprint density at radius 2 is 1.75 bits per heavy atom. The number of amides is 4. The van der Waals surface area contributed by atoms with Gasteiger partial charge in [-0.05, 0) is 50.6 Å². The molecule has 8 nitrogen and oxygen atoms in total. The van der Waals surface area contributed by atoms with E-state index in [1.54, 1.807) is 18.2 Å². The molecular formula is C20H23N3O5. The van der Waals surface area contributed by atoms with Gasteiger partial charge in [0.25, 0.3) is 11.8 Å². The molecule has 1 atom stereocenters. The summed E-state index contributed by atoms with van der Waals surface area (Å²) in [6.45, 7) is 3.51. The molecule has 0 spiro atoms. The second-order valence-electron chi connectivity index (χ2n) is 7.41. The van der Waals surface area contributed by atoms with E-state index in [0.717, 1.165) is 24.5 Å². The van der Waals surface area contributed by atoms with Gasteiger partial charge in [-0.2, -0.15) is 0 Å². The van der Waals surface area contributed by atoms with Gasteiger partial charge in [-0.25, -0.2) is 0 Å². The summed E-state index contributed by atoms with van der Waals surface area (Å²) in [5.41, 5.74) is 0.503. The predicted molar refractivity (Wildman–Crippen MR) is 98.9 cm³/mol. The number of rotatable bonds is 5. The number of piperidine rings is 2. The predicted octanol–water partition coefficient (Wildman–Crippen LogP) is 0.952. The van der Waals surface area contributed by atoms with Gasteiger partial charge in [0.15, 0.2) is 0 Å². The van der Waals surface area contributed by atoms with Crippen molar-refractivity contribution < 1.29 is 23.9 Å². The van der Waals surface area contributed by atoms with E-state index in [1.807, 2.05) is 0 Å². The molecule has 0 radical (unpaired) electrons. The van der Waals surface area contributed by atoms with Crippen LogP contribution in [0.2, 0.25) is 0 Å². The van der Waals surface area contributed by atoms with Crippen LogP contribution in [0.25, 0.3) is 0 Å². The maximum Gasteiger partial charge on any atom is 0.262 e. The molecule has 0 aromatic heterocycles. The van der Waals surface area contributed by atoms with Gasteiger partial charge in [0, 0.05) is 13.0 Å². The first-order valence-electron chi connectivity index (χ1n) is 9.75. The summed E-state index contributed by atoms with van der Waals surface area (Å²) in [6.07, 6.45) is 3.96. The fourth-order valence-corrected chi connectivity index (χ4v) is 4.02. The summed E-state index contributed by atoms with van der Waals surface area (Å²) in [4.78, 5) is 52.2. The van der Waals surface area contributed by atoms with Gasteiger partial charge >= 0.3 is 0 Å². The first kappa shape index (κ1) is 18.6. The van der Waals surface area contributed by atoms with Gasteiger partial charge in [-0.1, -0.05) is 6.42 Å². The molecule has 0 bridgehead atoms. The summed E-state index contributed by atoms with van der Waals surface area (Å²) in [5.74, 6) is -1.49. The topological polar surface area (TPSA) is 96.0 Å². The lowest BCUT2D eigenvalue weighted by molar-refractivity contribution is -0.136. The molecule has 148 valence electrons. The van der Waals surface area contributed by atoms with Gasteiger partial charge in [-0.15, -0.1) is 0 Å². The number of imide groups is 2. The molecule has 2 saturated heterocycles. The number of benzene rings is 1. The van der Waals surface area contributed by atoms with Crippen LogP contribution in [-0.2, 0) is 9.59 Å². The second kappa shape index (κ2) is 7.71. The first-order chi connectivity index (χ1) is 13.5. The van der Waals surface area contributed by atoms with Crippen molar-refractivity contribution in [1.82, 2.24) is 15.1 Å². The molecule has 0 aliphatic carbocycles. The molecule has 3 heterocycles. The third-order valence-electron chi connectivity index (χ3n) is 5.54. The molecule has 8 heteroatoms.